The van der Waals surface area contributed by atoms with Crippen molar-refractivity contribution in [2.45, 2.75) is 32.0 Å². The molecular weight excluding hydrogens is 389 g/mol. The number of urea groups is 2. The van der Waals surface area contributed by atoms with Gasteiger partial charge in [0.2, 0.25) is 0 Å². The molecule has 1 heterocycles. The highest BCUT2D eigenvalue weighted by molar-refractivity contribution is 5.92. The van der Waals surface area contributed by atoms with Crippen molar-refractivity contribution in [1.29, 1.82) is 0 Å². The number of aliphatic hydroxyl groups is 1. The predicted octanol–water partition coefficient (Wildman–Crippen LogP) is 2.59. The fourth-order valence-electron chi connectivity index (χ4n) is 3.29. The minimum atomic E-state index is -0.892. The van der Waals surface area contributed by atoms with Gasteiger partial charge < -0.3 is 26.8 Å². The summed E-state index contributed by atoms with van der Waals surface area (Å²) in [4.78, 5) is 25.3. The number of nitrogens with zero attached hydrogens (tertiary/aromatic N) is 1. The second-order valence-electron chi connectivity index (χ2n) is 7.32. The maximum atomic E-state index is 13.6. The van der Waals surface area contributed by atoms with E-state index in [1.165, 1.54) is 17.7 Å². The number of amides is 4. The van der Waals surface area contributed by atoms with E-state index in [0.29, 0.717) is 12.2 Å². The predicted molar refractivity (Wildman–Crippen MR) is 112 cm³/mol. The highest BCUT2D eigenvalue weighted by Gasteiger charge is 2.16. The van der Waals surface area contributed by atoms with Gasteiger partial charge in [0.15, 0.2) is 0 Å². The molecule has 30 heavy (non-hydrogen) atoms. The molecule has 2 aromatic carbocycles. The molecule has 0 radical (unpaired) electrons. The number of halogens is 1. The maximum absolute atomic E-state index is 13.6. The SMILES string of the molecule is NC(=O)Nc1cc(NC(=O)NCc2ccc(CN3CCC(O)CC3)cc2)ccc1F. The van der Waals surface area contributed by atoms with E-state index >= 15 is 0 Å². The molecule has 1 aliphatic heterocycles. The van der Waals surface area contributed by atoms with Gasteiger partial charge >= 0.3 is 12.1 Å². The molecule has 2 aromatic rings. The summed E-state index contributed by atoms with van der Waals surface area (Å²) < 4.78 is 13.6. The van der Waals surface area contributed by atoms with E-state index in [4.69, 9.17) is 5.73 Å². The molecule has 3 rings (SSSR count). The van der Waals surface area contributed by atoms with Crippen LogP contribution >= 0.6 is 0 Å². The Morgan fingerprint density at radius 3 is 2.40 bits per heavy atom. The number of anilines is 2. The number of hydrogen-bond acceptors (Lipinski definition) is 4. The average Bonchev–Trinajstić information content (AvgIpc) is 2.71. The first-order valence-corrected chi connectivity index (χ1v) is 9.78. The molecule has 1 fully saturated rings. The van der Waals surface area contributed by atoms with Gasteiger partial charge in [-0.25, -0.2) is 14.0 Å². The monoisotopic (exact) mass is 415 g/mol. The molecule has 0 saturated carbocycles. The molecule has 0 atom stereocenters. The molecule has 0 aliphatic carbocycles. The van der Waals surface area contributed by atoms with E-state index < -0.39 is 17.9 Å². The lowest BCUT2D eigenvalue weighted by molar-refractivity contribution is 0.0792. The van der Waals surface area contributed by atoms with Crippen LogP contribution in [0.2, 0.25) is 0 Å². The van der Waals surface area contributed by atoms with Crippen molar-refractivity contribution >= 4 is 23.4 Å². The number of benzene rings is 2. The number of carbonyl (C=O) groups excluding carboxylic acids is 2. The first kappa shape index (κ1) is 21.5. The van der Waals surface area contributed by atoms with Crippen molar-refractivity contribution in [3.8, 4) is 0 Å². The number of nitrogens with one attached hydrogen (secondary N) is 3. The molecule has 0 aromatic heterocycles. The number of piperidine rings is 1. The van der Waals surface area contributed by atoms with Crippen LogP contribution in [0, 0.1) is 5.82 Å². The lowest BCUT2D eigenvalue weighted by Gasteiger charge is -2.29. The normalized spacial score (nSPS) is 14.9. The standard InChI is InChI=1S/C21H26FN5O3/c22-18-6-5-16(11-19(18)26-20(23)29)25-21(30)24-12-14-1-3-15(4-2-14)13-27-9-7-17(28)8-10-27/h1-6,11,17,28H,7-10,12-13H2,(H3,23,26,29)(H2,24,25,30). The van der Waals surface area contributed by atoms with Crippen LogP contribution in [-0.4, -0.2) is 41.3 Å². The number of likely N-dealkylation sites (tertiary alicyclic amines) is 1. The first-order valence-electron chi connectivity index (χ1n) is 9.78. The molecule has 160 valence electrons. The van der Waals surface area contributed by atoms with Crippen LogP contribution in [0.3, 0.4) is 0 Å². The van der Waals surface area contributed by atoms with Crippen molar-refractivity contribution in [2.75, 3.05) is 23.7 Å². The second kappa shape index (κ2) is 10.0. The summed E-state index contributed by atoms with van der Waals surface area (Å²) >= 11 is 0. The first-order chi connectivity index (χ1) is 14.4. The molecule has 0 spiro atoms. The van der Waals surface area contributed by atoms with Crippen LogP contribution in [0.25, 0.3) is 0 Å². The Morgan fingerprint density at radius 2 is 1.73 bits per heavy atom. The summed E-state index contributed by atoms with van der Waals surface area (Å²) in [5.41, 5.74) is 7.33. The highest BCUT2D eigenvalue weighted by Crippen LogP contribution is 2.19. The Hall–Kier alpha value is -3.17. The average molecular weight is 415 g/mol. The minimum Gasteiger partial charge on any atom is -0.393 e. The zero-order valence-corrected chi connectivity index (χ0v) is 16.5. The molecule has 0 bridgehead atoms. The second-order valence-corrected chi connectivity index (χ2v) is 7.32. The van der Waals surface area contributed by atoms with Gasteiger partial charge in [0.25, 0.3) is 0 Å². The van der Waals surface area contributed by atoms with Crippen LogP contribution < -0.4 is 21.7 Å². The summed E-state index contributed by atoms with van der Waals surface area (Å²) in [6, 6.07) is 10.4. The van der Waals surface area contributed by atoms with Crippen LogP contribution in [0.15, 0.2) is 42.5 Å². The maximum Gasteiger partial charge on any atom is 0.319 e. The van der Waals surface area contributed by atoms with Gasteiger partial charge in [-0.2, -0.15) is 0 Å². The fourth-order valence-corrected chi connectivity index (χ4v) is 3.29. The van der Waals surface area contributed by atoms with Crippen LogP contribution in [0.4, 0.5) is 25.4 Å². The van der Waals surface area contributed by atoms with E-state index in [1.807, 2.05) is 24.3 Å². The zero-order chi connectivity index (χ0) is 21.5. The van der Waals surface area contributed by atoms with Gasteiger partial charge in [-0.1, -0.05) is 24.3 Å². The molecule has 0 unspecified atom stereocenters. The van der Waals surface area contributed by atoms with Crippen LogP contribution in [0.5, 0.6) is 0 Å². The Bertz CT molecular complexity index is 883. The van der Waals surface area contributed by atoms with Gasteiger partial charge in [-0.05, 0) is 42.2 Å². The third-order valence-electron chi connectivity index (χ3n) is 4.92. The third kappa shape index (κ3) is 6.43. The molecular formula is C21H26FN5O3. The number of rotatable bonds is 6. The molecule has 1 saturated heterocycles. The molecule has 6 N–H and O–H groups in total. The van der Waals surface area contributed by atoms with Crippen molar-refractivity contribution in [2.24, 2.45) is 5.73 Å². The van der Waals surface area contributed by atoms with Gasteiger partial charge in [0.1, 0.15) is 5.82 Å². The zero-order valence-electron chi connectivity index (χ0n) is 16.5. The van der Waals surface area contributed by atoms with Gasteiger partial charge in [-0.3, -0.25) is 4.90 Å². The summed E-state index contributed by atoms with van der Waals surface area (Å²) in [6.07, 6.45) is 1.44. The fraction of sp³-hybridized carbons (Fsp3) is 0.333. The third-order valence-corrected chi connectivity index (χ3v) is 4.92. The van der Waals surface area contributed by atoms with Crippen LogP contribution in [-0.2, 0) is 13.1 Å². The number of carbonyl (C=O) groups is 2. The number of hydrogen-bond donors (Lipinski definition) is 5. The smallest absolute Gasteiger partial charge is 0.319 e. The minimum absolute atomic E-state index is 0.112. The Labute approximate surface area is 174 Å². The van der Waals surface area contributed by atoms with Crippen molar-refractivity contribution in [1.82, 2.24) is 10.2 Å². The largest absolute Gasteiger partial charge is 0.393 e. The number of aliphatic hydroxyl groups excluding tert-OH is 1. The van der Waals surface area contributed by atoms with Gasteiger partial charge in [-0.15, -0.1) is 0 Å². The van der Waals surface area contributed by atoms with E-state index in [-0.39, 0.29) is 11.8 Å². The number of primary amides is 1. The summed E-state index contributed by atoms with van der Waals surface area (Å²) in [5, 5.41) is 17.1. The van der Waals surface area contributed by atoms with E-state index in [2.05, 4.69) is 20.9 Å². The molecule has 4 amide bonds. The van der Waals surface area contributed by atoms with E-state index in [0.717, 1.165) is 44.1 Å². The Morgan fingerprint density at radius 1 is 1.07 bits per heavy atom. The van der Waals surface area contributed by atoms with E-state index in [9.17, 15) is 19.1 Å². The lowest BCUT2D eigenvalue weighted by atomic mass is 10.1. The molecule has 9 heteroatoms. The Balaban J connectivity index is 1.47. The van der Waals surface area contributed by atoms with Crippen molar-refractivity contribution in [3.05, 3.63) is 59.4 Å². The lowest BCUT2D eigenvalue weighted by Crippen LogP contribution is -2.35. The molecule has 1 aliphatic rings. The van der Waals surface area contributed by atoms with Crippen LogP contribution in [0.1, 0.15) is 24.0 Å². The van der Waals surface area contributed by atoms with Crippen molar-refractivity contribution < 1.29 is 19.1 Å². The van der Waals surface area contributed by atoms with Gasteiger partial charge in [0.05, 0.1) is 11.8 Å². The molecule has 8 nitrogen and oxygen atoms in total. The quantitative estimate of drug-likeness (QED) is 0.498. The number of nitrogens with two attached hydrogens (primary N) is 1. The summed E-state index contributed by atoms with van der Waals surface area (Å²) in [6.45, 7) is 2.96. The summed E-state index contributed by atoms with van der Waals surface area (Å²) in [7, 11) is 0. The van der Waals surface area contributed by atoms with Gasteiger partial charge in [0, 0.05) is 31.9 Å². The Kier molecular flexibility index (Phi) is 7.21. The summed E-state index contributed by atoms with van der Waals surface area (Å²) in [5.74, 6) is -0.652. The topological polar surface area (TPSA) is 120 Å². The van der Waals surface area contributed by atoms with Crippen molar-refractivity contribution in [3.63, 3.8) is 0 Å². The highest BCUT2D eigenvalue weighted by atomic mass is 19.1. The van der Waals surface area contributed by atoms with E-state index in [1.54, 1.807) is 0 Å².